The van der Waals surface area contributed by atoms with Crippen LogP contribution in [0.1, 0.15) is 31.9 Å². The van der Waals surface area contributed by atoms with Gasteiger partial charge in [0.1, 0.15) is 4.83 Å². The first-order valence-corrected chi connectivity index (χ1v) is 10.6. The number of allylic oxidation sites excluding steroid dienone is 1. The highest BCUT2D eigenvalue weighted by atomic mass is 32.2. The minimum absolute atomic E-state index is 0.0815. The van der Waals surface area contributed by atoms with Gasteiger partial charge in [0.2, 0.25) is 0 Å². The van der Waals surface area contributed by atoms with Gasteiger partial charge < -0.3 is 0 Å². The zero-order valence-corrected chi connectivity index (χ0v) is 17.0. The molecule has 0 spiro atoms. The van der Waals surface area contributed by atoms with Crippen molar-refractivity contribution in [3.63, 3.8) is 0 Å². The number of nitrogens with zero attached hydrogens (tertiary/aromatic N) is 2. The van der Waals surface area contributed by atoms with Crippen LogP contribution in [0.4, 0.5) is 0 Å². The van der Waals surface area contributed by atoms with Crippen molar-refractivity contribution in [3.8, 4) is 10.4 Å². The molecule has 1 aromatic carbocycles. The van der Waals surface area contributed by atoms with E-state index in [1.54, 1.807) is 23.1 Å². The second-order valence-corrected chi connectivity index (χ2v) is 9.70. The number of rotatable bonds is 4. The Hall–Kier alpha value is -1.85. The predicted octanol–water partition coefficient (Wildman–Crippen LogP) is 5.30. The van der Waals surface area contributed by atoms with E-state index in [0.717, 1.165) is 33.8 Å². The smallest absolute Gasteiger partial charge is 0.263 e. The molecule has 2 heterocycles. The summed E-state index contributed by atoms with van der Waals surface area (Å²) in [6, 6.07) is 8.52. The van der Waals surface area contributed by atoms with Crippen molar-refractivity contribution in [3.05, 3.63) is 57.9 Å². The maximum Gasteiger partial charge on any atom is 0.263 e. The Morgan fingerprint density at radius 2 is 2.12 bits per heavy atom. The number of benzene rings is 1. The predicted molar refractivity (Wildman–Crippen MR) is 113 cm³/mol. The standard InChI is InChI=1S/C21H22N2OS2/c1-12(2)11-23-20(24)17-16-10-9-14-7-5-6-8-15(14)18(16)26-19(17)22-21(23)25-13(3)4/h5-8,13H,1,9-11H2,2-4H3. The summed E-state index contributed by atoms with van der Waals surface area (Å²) in [5, 5.41) is 1.98. The van der Waals surface area contributed by atoms with Gasteiger partial charge in [0, 0.05) is 16.7 Å². The van der Waals surface area contributed by atoms with E-state index in [9.17, 15) is 4.79 Å². The van der Waals surface area contributed by atoms with E-state index >= 15 is 0 Å². The third kappa shape index (κ3) is 2.93. The van der Waals surface area contributed by atoms with E-state index in [2.05, 4.69) is 44.7 Å². The number of aryl methyl sites for hydroxylation is 2. The van der Waals surface area contributed by atoms with E-state index in [-0.39, 0.29) is 5.56 Å². The Balaban J connectivity index is 2.00. The summed E-state index contributed by atoms with van der Waals surface area (Å²) in [7, 11) is 0. The zero-order chi connectivity index (χ0) is 18.4. The molecule has 0 radical (unpaired) electrons. The molecule has 1 aliphatic carbocycles. The van der Waals surface area contributed by atoms with Crippen molar-refractivity contribution >= 4 is 33.3 Å². The largest absolute Gasteiger partial charge is 0.283 e. The summed E-state index contributed by atoms with van der Waals surface area (Å²) in [4.78, 5) is 20.4. The van der Waals surface area contributed by atoms with Crippen LogP contribution < -0.4 is 5.56 Å². The summed E-state index contributed by atoms with van der Waals surface area (Å²) in [6.07, 6.45) is 1.89. The summed E-state index contributed by atoms with van der Waals surface area (Å²) in [6.45, 7) is 10.7. The molecule has 3 aromatic rings. The highest BCUT2D eigenvalue weighted by molar-refractivity contribution is 7.99. The maximum atomic E-state index is 13.4. The van der Waals surface area contributed by atoms with Gasteiger partial charge in [0.15, 0.2) is 5.16 Å². The molecule has 3 nitrogen and oxygen atoms in total. The fourth-order valence-electron chi connectivity index (χ4n) is 3.51. The molecule has 0 amide bonds. The lowest BCUT2D eigenvalue weighted by Crippen LogP contribution is -2.24. The fraction of sp³-hybridized carbons (Fsp3) is 0.333. The van der Waals surface area contributed by atoms with Crippen LogP contribution in [0.25, 0.3) is 20.7 Å². The van der Waals surface area contributed by atoms with Gasteiger partial charge in [-0.1, -0.05) is 62.0 Å². The lowest BCUT2D eigenvalue weighted by molar-refractivity contribution is 0.650. The van der Waals surface area contributed by atoms with Crippen LogP contribution in [-0.4, -0.2) is 14.8 Å². The third-order valence-corrected chi connectivity index (χ3v) is 6.70. The van der Waals surface area contributed by atoms with Crippen LogP contribution >= 0.6 is 23.1 Å². The molecule has 4 rings (SSSR count). The Morgan fingerprint density at radius 1 is 1.35 bits per heavy atom. The van der Waals surface area contributed by atoms with Crippen molar-refractivity contribution < 1.29 is 0 Å². The average Bonchev–Trinajstić information content (AvgIpc) is 2.96. The molecule has 134 valence electrons. The molecule has 1 aliphatic rings. The van der Waals surface area contributed by atoms with Crippen LogP contribution in [-0.2, 0) is 19.4 Å². The molecule has 26 heavy (non-hydrogen) atoms. The van der Waals surface area contributed by atoms with Crippen LogP contribution in [0.15, 0.2) is 46.4 Å². The van der Waals surface area contributed by atoms with E-state index in [4.69, 9.17) is 4.98 Å². The van der Waals surface area contributed by atoms with Gasteiger partial charge >= 0.3 is 0 Å². The minimum Gasteiger partial charge on any atom is -0.283 e. The topological polar surface area (TPSA) is 34.9 Å². The molecular formula is C21H22N2OS2. The molecule has 2 aromatic heterocycles. The van der Waals surface area contributed by atoms with Crippen LogP contribution in [0.2, 0.25) is 0 Å². The number of hydrogen-bond donors (Lipinski definition) is 0. The summed E-state index contributed by atoms with van der Waals surface area (Å²) < 4.78 is 1.81. The first kappa shape index (κ1) is 17.6. The number of fused-ring (bicyclic) bond motifs is 5. The van der Waals surface area contributed by atoms with E-state index in [1.165, 1.54) is 21.6 Å². The SMILES string of the molecule is C=C(C)Cn1c(SC(C)C)nc2sc3c(c2c1=O)CCc1ccccc1-3. The Labute approximate surface area is 161 Å². The van der Waals surface area contributed by atoms with Gasteiger partial charge in [-0.25, -0.2) is 4.98 Å². The van der Waals surface area contributed by atoms with Crippen molar-refractivity contribution in [2.24, 2.45) is 0 Å². The monoisotopic (exact) mass is 382 g/mol. The van der Waals surface area contributed by atoms with E-state index < -0.39 is 0 Å². The Kier molecular flexibility index (Phi) is 4.53. The van der Waals surface area contributed by atoms with Gasteiger partial charge in [-0.3, -0.25) is 9.36 Å². The zero-order valence-electron chi connectivity index (χ0n) is 15.3. The number of thiophene rings is 1. The lowest BCUT2D eigenvalue weighted by Gasteiger charge is -2.16. The third-order valence-electron chi connectivity index (χ3n) is 4.55. The van der Waals surface area contributed by atoms with E-state index in [0.29, 0.717) is 11.8 Å². The molecular weight excluding hydrogens is 360 g/mol. The van der Waals surface area contributed by atoms with Crippen molar-refractivity contribution in [2.45, 2.75) is 50.6 Å². The number of aromatic nitrogens is 2. The molecule has 0 aliphatic heterocycles. The van der Waals surface area contributed by atoms with Crippen molar-refractivity contribution in [1.29, 1.82) is 0 Å². The summed E-state index contributed by atoms with van der Waals surface area (Å²) in [5.74, 6) is 0. The van der Waals surface area contributed by atoms with Gasteiger partial charge in [-0.2, -0.15) is 0 Å². The first-order valence-electron chi connectivity index (χ1n) is 8.91. The van der Waals surface area contributed by atoms with Crippen LogP contribution in [0, 0.1) is 0 Å². The molecule has 0 unspecified atom stereocenters. The second kappa shape index (κ2) is 6.71. The highest BCUT2D eigenvalue weighted by Gasteiger charge is 2.25. The maximum absolute atomic E-state index is 13.4. The fourth-order valence-corrected chi connectivity index (χ4v) is 5.68. The highest BCUT2D eigenvalue weighted by Crippen LogP contribution is 2.42. The lowest BCUT2D eigenvalue weighted by atomic mass is 9.90. The van der Waals surface area contributed by atoms with Gasteiger partial charge in [-0.05, 0) is 36.5 Å². The quantitative estimate of drug-likeness (QED) is 0.349. The number of thioether (sulfide) groups is 1. The molecule has 0 atom stereocenters. The molecule has 0 N–H and O–H groups in total. The molecule has 5 heteroatoms. The normalized spacial score (nSPS) is 13.1. The first-order chi connectivity index (χ1) is 12.5. The van der Waals surface area contributed by atoms with Gasteiger partial charge in [0.25, 0.3) is 5.56 Å². The van der Waals surface area contributed by atoms with Crippen molar-refractivity contribution in [2.75, 3.05) is 0 Å². The summed E-state index contributed by atoms with van der Waals surface area (Å²) >= 11 is 3.31. The minimum atomic E-state index is 0.0815. The van der Waals surface area contributed by atoms with Gasteiger partial charge in [0.05, 0.1) is 5.39 Å². The molecule has 0 bridgehead atoms. The molecule has 0 saturated carbocycles. The molecule has 0 fully saturated rings. The second-order valence-electron chi connectivity index (χ2n) is 7.16. The van der Waals surface area contributed by atoms with Crippen LogP contribution in [0.3, 0.4) is 0 Å². The van der Waals surface area contributed by atoms with Crippen molar-refractivity contribution in [1.82, 2.24) is 9.55 Å². The van der Waals surface area contributed by atoms with Crippen LogP contribution in [0.5, 0.6) is 0 Å². The molecule has 0 saturated heterocycles. The Morgan fingerprint density at radius 3 is 2.85 bits per heavy atom. The average molecular weight is 383 g/mol. The van der Waals surface area contributed by atoms with Gasteiger partial charge in [-0.15, -0.1) is 11.3 Å². The number of hydrogen-bond acceptors (Lipinski definition) is 4. The summed E-state index contributed by atoms with van der Waals surface area (Å²) in [5.41, 5.74) is 4.86. The Bertz CT molecular complexity index is 1080. The van der Waals surface area contributed by atoms with E-state index in [1.807, 2.05) is 11.5 Å².